The first-order valence-electron chi connectivity index (χ1n) is 12.5. The summed E-state index contributed by atoms with van der Waals surface area (Å²) < 4.78 is 16.7. The fraction of sp³-hybridized carbons (Fsp3) is 0.276. The zero-order chi connectivity index (χ0) is 26.1. The minimum atomic E-state index is -0.395. The Hall–Kier alpha value is -3.82. The Balaban J connectivity index is 1.26. The van der Waals surface area contributed by atoms with Crippen molar-refractivity contribution in [3.05, 3.63) is 89.5 Å². The number of nitrogens with zero attached hydrogens (tertiary/aromatic N) is 2. The van der Waals surface area contributed by atoms with Crippen LogP contribution in [-0.4, -0.2) is 42.5 Å². The van der Waals surface area contributed by atoms with Crippen molar-refractivity contribution in [1.29, 1.82) is 0 Å². The first-order valence-corrected chi connectivity index (χ1v) is 13.5. The molecule has 2 aliphatic rings. The Morgan fingerprint density at radius 3 is 2.68 bits per heavy atom. The molecular formula is C29H28N4O4S. The van der Waals surface area contributed by atoms with Crippen LogP contribution in [-0.2, 0) is 15.3 Å². The SMILES string of the molecule is COC(=O)[C@H]1C[C@H]2c3ccccc3N[C@H]2[C@H](c2ccc(OC)c(CSc3nnc(-c4ccccc4)o3)c2)N1. The number of ether oxygens (including phenoxy) is 2. The Morgan fingerprint density at radius 1 is 1.05 bits per heavy atom. The predicted molar refractivity (Wildman–Crippen MR) is 145 cm³/mol. The largest absolute Gasteiger partial charge is 0.496 e. The van der Waals surface area contributed by atoms with Gasteiger partial charge in [0.2, 0.25) is 5.89 Å². The van der Waals surface area contributed by atoms with Crippen LogP contribution >= 0.6 is 11.8 Å². The molecule has 2 aliphatic heterocycles. The minimum absolute atomic E-state index is 0.103. The van der Waals surface area contributed by atoms with Crippen molar-refractivity contribution in [1.82, 2.24) is 15.5 Å². The van der Waals surface area contributed by atoms with Crippen LogP contribution in [0.4, 0.5) is 5.69 Å². The third-order valence-electron chi connectivity index (χ3n) is 7.27. The summed E-state index contributed by atoms with van der Waals surface area (Å²) in [5.74, 6) is 1.81. The van der Waals surface area contributed by atoms with E-state index in [0.717, 1.165) is 28.1 Å². The van der Waals surface area contributed by atoms with Crippen molar-refractivity contribution in [2.24, 2.45) is 0 Å². The molecule has 1 aromatic heterocycles. The van der Waals surface area contributed by atoms with Crippen LogP contribution in [0.3, 0.4) is 0 Å². The fourth-order valence-corrected chi connectivity index (χ4v) is 6.22. The van der Waals surface area contributed by atoms with Crippen molar-refractivity contribution < 1.29 is 18.7 Å². The lowest BCUT2D eigenvalue weighted by molar-refractivity contribution is -0.144. The molecule has 0 bridgehead atoms. The molecule has 1 saturated heterocycles. The molecule has 38 heavy (non-hydrogen) atoms. The number of carbonyl (C=O) groups excluding carboxylic acids is 1. The quantitative estimate of drug-likeness (QED) is 0.248. The highest BCUT2D eigenvalue weighted by Gasteiger charge is 2.45. The van der Waals surface area contributed by atoms with Gasteiger partial charge in [0.15, 0.2) is 0 Å². The summed E-state index contributed by atoms with van der Waals surface area (Å²) in [4.78, 5) is 12.6. The highest BCUT2D eigenvalue weighted by molar-refractivity contribution is 7.98. The molecule has 194 valence electrons. The number of rotatable bonds is 7. The Bertz CT molecular complexity index is 1440. The smallest absolute Gasteiger partial charge is 0.322 e. The maximum atomic E-state index is 12.6. The van der Waals surface area contributed by atoms with Gasteiger partial charge in [-0.25, -0.2) is 0 Å². The molecule has 8 nitrogen and oxygen atoms in total. The summed E-state index contributed by atoms with van der Waals surface area (Å²) in [6.07, 6.45) is 0.678. The molecule has 0 saturated carbocycles. The number of piperidine rings is 1. The maximum Gasteiger partial charge on any atom is 0.322 e. The maximum absolute atomic E-state index is 12.6. The van der Waals surface area contributed by atoms with Crippen LogP contribution in [0, 0.1) is 0 Å². The summed E-state index contributed by atoms with van der Waals surface area (Å²) >= 11 is 1.46. The number of thioether (sulfide) groups is 1. The molecule has 6 rings (SSSR count). The molecule has 9 heteroatoms. The highest BCUT2D eigenvalue weighted by atomic mass is 32.2. The zero-order valence-corrected chi connectivity index (χ0v) is 21.9. The van der Waals surface area contributed by atoms with E-state index in [1.807, 2.05) is 42.5 Å². The van der Waals surface area contributed by atoms with E-state index in [1.165, 1.54) is 24.4 Å². The van der Waals surface area contributed by atoms with Crippen LogP contribution in [0.15, 0.2) is 82.4 Å². The van der Waals surface area contributed by atoms with Gasteiger partial charge >= 0.3 is 5.97 Å². The summed E-state index contributed by atoms with van der Waals surface area (Å²) in [5.41, 5.74) is 5.32. The Labute approximate surface area is 225 Å². The number of aromatic nitrogens is 2. The van der Waals surface area contributed by atoms with Crippen LogP contribution in [0.25, 0.3) is 11.5 Å². The number of hydrogen-bond donors (Lipinski definition) is 2. The zero-order valence-electron chi connectivity index (χ0n) is 21.1. The third kappa shape index (κ3) is 4.63. The molecule has 0 spiro atoms. The molecule has 2 N–H and O–H groups in total. The first kappa shape index (κ1) is 24.5. The predicted octanol–water partition coefficient (Wildman–Crippen LogP) is 5.19. The first-order chi connectivity index (χ1) is 18.6. The molecule has 0 amide bonds. The van der Waals surface area contributed by atoms with Crippen LogP contribution in [0.1, 0.15) is 35.1 Å². The van der Waals surface area contributed by atoms with Crippen molar-refractivity contribution in [3.63, 3.8) is 0 Å². The monoisotopic (exact) mass is 528 g/mol. The van der Waals surface area contributed by atoms with Crippen molar-refractivity contribution in [2.45, 2.75) is 41.4 Å². The highest BCUT2D eigenvalue weighted by Crippen LogP contribution is 2.46. The number of hydrogen-bond acceptors (Lipinski definition) is 9. The second-order valence-corrected chi connectivity index (χ2v) is 10.3. The van der Waals surface area contributed by atoms with Crippen molar-refractivity contribution in [3.8, 4) is 17.2 Å². The number of carbonyl (C=O) groups is 1. The van der Waals surface area contributed by atoms with Crippen LogP contribution in [0.2, 0.25) is 0 Å². The van der Waals surface area contributed by atoms with Crippen molar-refractivity contribution in [2.75, 3.05) is 19.5 Å². The number of anilines is 1. The van der Waals surface area contributed by atoms with Gasteiger partial charge in [0.25, 0.3) is 5.22 Å². The molecular weight excluding hydrogens is 500 g/mol. The van der Waals surface area contributed by atoms with Crippen molar-refractivity contribution >= 4 is 23.4 Å². The molecule has 3 aromatic carbocycles. The van der Waals surface area contributed by atoms with E-state index in [2.05, 4.69) is 51.2 Å². The molecule has 4 aromatic rings. The second-order valence-electron chi connectivity index (χ2n) is 9.42. The lowest BCUT2D eigenvalue weighted by atomic mass is 9.79. The number of nitrogens with one attached hydrogen (secondary N) is 2. The van der Waals surface area contributed by atoms with Gasteiger partial charge in [0.1, 0.15) is 11.8 Å². The van der Waals surface area contributed by atoms with Gasteiger partial charge in [-0.3, -0.25) is 10.1 Å². The van der Waals surface area contributed by atoms with Gasteiger partial charge in [-0.15, -0.1) is 10.2 Å². The molecule has 4 atom stereocenters. The average molecular weight is 529 g/mol. The van der Waals surface area contributed by atoms with E-state index in [4.69, 9.17) is 13.9 Å². The van der Waals surface area contributed by atoms with Crippen LogP contribution in [0.5, 0.6) is 5.75 Å². The lowest BCUT2D eigenvalue weighted by Gasteiger charge is -2.39. The minimum Gasteiger partial charge on any atom is -0.496 e. The van der Waals surface area contributed by atoms with E-state index in [0.29, 0.717) is 23.3 Å². The van der Waals surface area contributed by atoms with Gasteiger partial charge in [0, 0.05) is 28.5 Å². The number of para-hydroxylation sites is 1. The number of esters is 1. The van der Waals surface area contributed by atoms with Gasteiger partial charge in [-0.2, -0.15) is 0 Å². The van der Waals surface area contributed by atoms with Crippen LogP contribution < -0.4 is 15.4 Å². The molecule has 1 fully saturated rings. The average Bonchev–Trinajstić information content (AvgIpc) is 3.60. The van der Waals surface area contributed by atoms with Gasteiger partial charge < -0.3 is 19.2 Å². The summed E-state index contributed by atoms with van der Waals surface area (Å²) in [6.45, 7) is 0. The topological polar surface area (TPSA) is 98.5 Å². The Kier molecular flexibility index (Phi) is 6.78. The molecule has 0 unspecified atom stereocenters. The summed E-state index contributed by atoms with van der Waals surface area (Å²) in [7, 11) is 3.11. The fourth-order valence-electron chi connectivity index (χ4n) is 5.48. The normalized spacial score (nSPS) is 21.7. The van der Waals surface area contributed by atoms with E-state index in [-0.39, 0.29) is 24.0 Å². The standard InChI is InChI=1S/C29H28N4O4S/c1-35-24-13-12-18(14-19(24)16-38-29-33-32-27(37-29)17-8-4-3-5-9-17)25-26-21(15-23(31-25)28(34)36-2)20-10-6-7-11-22(20)30-26/h3-14,21,23,25-26,30-31H,15-16H2,1-2H3/t21-,23+,25-,26+/m0/s1. The summed E-state index contributed by atoms with van der Waals surface area (Å²) in [5, 5.41) is 16.2. The van der Waals surface area contributed by atoms with E-state index >= 15 is 0 Å². The number of benzene rings is 3. The summed E-state index contributed by atoms with van der Waals surface area (Å²) in [6, 6.07) is 23.8. The van der Waals surface area contributed by atoms with E-state index in [9.17, 15) is 4.79 Å². The number of fused-ring (bicyclic) bond motifs is 3. The molecule has 0 aliphatic carbocycles. The third-order valence-corrected chi connectivity index (χ3v) is 8.14. The van der Waals surface area contributed by atoms with Gasteiger partial charge in [0.05, 0.1) is 26.3 Å². The Morgan fingerprint density at radius 2 is 1.87 bits per heavy atom. The second kappa shape index (κ2) is 10.5. The van der Waals surface area contributed by atoms with E-state index < -0.39 is 6.04 Å². The van der Waals surface area contributed by atoms with Gasteiger partial charge in [-0.05, 0) is 47.9 Å². The number of methoxy groups -OCH3 is 2. The van der Waals surface area contributed by atoms with Gasteiger partial charge in [-0.1, -0.05) is 54.2 Å². The lowest BCUT2D eigenvalue weighted by Crippen LogP contribution is -2.52. The van der Waals surface area contributed by atoms with E-state index in [1.54, 1.807) is 7.11 Å². The molecule has 0 radical (unpaired) electrons. The molecule has 3 heterocycles.